The van der Waals surface area contributed by atoms with Crippen molar-refractivity contribution in [2.75, 3.05) is 0 Å². The summed E-state index contributed by atoms with van der Waals surface area (Å²) in [5.74, 6) is 0. The van der Waals surface area contributed by atoms with Gasteiger partial charge in [-0.3, -0.25) is 0 Å². The quantitative estimate of drug-likeness (QED) is 0.561. The molecule has 0 aromatic carbocycles. The second-order valence-corrected chi connectivity index (χ2v) is 3.35. The van der Waals surface area contributed by atoms with Crippen LogP contribution in [-0.2, 0) is 0 Å². The molecule has 0 saturated carbocycles. The van der Waals surface area contributed by atoms with E-state index in [-0.39, 0.29) is 6.42 Å². The highest BCUT2D eigenvalue weighted by atomic mass is 32.3. The highest BCUT2D eigenvalue weighted by Crippen LogP contribution is 2.58. The molecule has 0 rings (SSSR count). The van der Waals surface area contributed by atoms with E-state index in [9.17, 15) is 11.7 Å². The summed E-state index contributed by atoms with van der Waals surface area (Å²) >= 11 is -4.75. The Hall–Kier alpha value is 0.140. The number of hydrogen-bond acceptors (Lipinski definition) is 0. The lowest BCUT2D eigenvalue weighted by Gasteiger charge is -2.15. The van der Waals surface area contributed by atoms with Gasteiger partial charge in [0.25, 0.3) is 0 Å². The van der Waals surface area contributed by atoms with Crippen LogP contribution in [0.4, 0.5) is 11.7 Å². The topological polar surface area (TPSA) is 0 Å². The highest BCUT2D eigenvalue weighted by molar-refractivity contribution is 8.21. The molecule has 1 unspecified atom stereocenters. The third-order valence-electron chi connectivity index (χ3n) is 1.03. The van der Waals surface area contributed by atoms with Crippen molar-refractivity contribution >= 4 is 11.2 Å². The normalized spacial score (nSPS) is 18.1. The zero-order valence-electron chi connectivity index (χ0n) is 4.83. The third kappa shape index (κ3) is 2.45. The monoisotopic (exact) mass is 146 g/mol. The van der Waals surface area contributed by atoms with Gasteiger partial charge in [0.05, 0.1) is 5.25 Å². The van der Waals surface area contributed by atoms with Crippen LogP contribution in [0.5, 0.6) is 0 Å². The molecule has 0 aliphatic rings. The Balaban J connectivity index is 3.62. The Morgan fingerprint density at radius 1 is 1.38 bits per heavy atom. The number of hydrogen-bond donors (Lipinski definition) is 0. The lowest BCUT2D eigenvalue weighted by atomic mass is 10.4. The molecule has 0 spiro atoms. The fraction of sp³-hybridized carbons (Fsp3) is 1.00. The second kappa shape index (κ2) is 2.62. The molecule has 0 aromatic rings. The van der Waals surface area contributed by atoms with E-state index in [1.807, 2.05) is 0 Å². The van der Waals surface area contributed by atoms with Gasteiger partial charge in [0.2, 0.25) is 11.2 Å². The molecule has 0 bridgehead atoms. The van der Waals surface area contributed by atoms with E-state index < -0.39 is 16.4 Å². The summed E-state index contributed by atoms with van der Waals surface area (Å²) in [6.45, 7) is 2.76. The van der Waals surface area contributed by atoms with Gasteiger partial charge < -0.3 is 0 Å². The van der Waals surface area contributed by atoms with Gasteiger partial charge in [-0.25, -0.2) is 0 Å². The third-order valence-corrected chi connectivity index (χ3v) is 2.28. The molecule has 0 radical (unpaired) electrons. The highest BCUT2D eigenvalue weighted by Gasteiger charge is 2.27. The van der Waals surface area contributed by atoms with E-state index in [0.717, 1.165) is 0 Å². The first-order chi connectivity index (χ1) is 3.48. The molecule has 4 heteroatoms. The number of halogens is 3. The molecule has 0 fully saturated rings. The molecular weight excluding hydrogens is 137 g/mol. The zero-order chi connectivity index (χ0) is 6.78. The summed E-state index contributed by atoms with van der Waals surface area (Å²) in [6, 6.07) is 0. The molecule has 52 valence electrons. The van der Waals surface area contributed by atoms with Gasteiger partial charge in [0, 0.05) is 0 Å². The minimum absolute atomic E-state index is 0.207. The van der Waals surface area contributed by atoms with E-state index >= 15 is 0 Å². The fourth-order valence-corrected chi connectivity index (χ4v) is 0.567. The maximum atomic E-state index is 11.5. The maximum absolute atomic E-state index is 11.5. The van der Waals surface area contributed by atoms with Crippen molar-refractivity contribution in [3.63, 3.8) is 0 Å². The molecule has 0 heterocycles. The summed E-state index contributed by atoms with van der Waals surface area (Å²) in [4.78, 5) is 0. The van der Waals surface area contributed by atoms with Crippen LogP contribution in [0.2, 0.25) is 0 Å². The van der Waals surface area contributed by atoms with Crippen molar-refractivity contribution in [2.24, 2.45) is 0 Å². The molecule has 0 aliphatic carbocycles. The van der Waals surface area contributed by atoms with Gasteiger partial charge in [-0.15, -0.1) is 11.7 Å². The Bertz CT molecular complexity index is 68.2. The summed E-state index contributed by atoms with van der Waals surface area (Å²) in [5.41, 5.74) is 0. The Morgan fingerprint density at radius 3 is 1.75 bits per heavy atom. The van der Waals surface area contributed by atoms with Crippen LogP contribution in [0, 0.1) is 0 Å². The van der Waals surface area contributed by atoms with Gasteiger partial charge in [-0.2, -0.15) is 0 Å². The van der Waals surface area contributed by atoms with Crippen molar-refractivity contribution in [1.29, 1.82) is 0 Å². The van der Waals surface area contributed by atoms with Crippen molar-refractivity contribution in [3.05, 3.63) is 0 Å². The first-order valence-electron chi connectivity index (χ1n) is 2.39. The van der Waals surface area contributed by atoms with Crippen LogP contribution in [0.25, 0.3) is 0 Å². The molecule has 0 aliphatic heterocycles. The van der Waals surface area contributed by atoms with Crippen molar-refractivity contribution in [3.8, 4) is 0 Å². The van der Waals surface area contributed by atoms with Crippen LogP contribution in [-0.4, -0.2) is 5.25 Å². The lowest BCUT2D eigenvalue weighted by Crippen LogP contribution is -1.99. The molecule has 8 heavy (non-hydrogen) atoms. The Labute approximate surface area is 49.3 Å². The average Bonchev–Trinajstić information content (AvgIpc) is 1.62. The van der Waals surface area contributed by atoms with Crippen molar-refractivity contribution in [2.45, 2.75) is 25.5 Å². The molecule has 0 amide bonds. The van der Waals surface area contributed by atoms with Gasteiger partial charge >= 0.3 is 0 Å². The van der Waals surface area contributed by atoms with Crippen LogP contribution in [0.15, 0.2) is 0 Å². The smallest absolute Gasteiger partial charge is 0.125 e. The van der Waals surface area contributed by atoms with Gasteiger partial charge in [-0.1, -0.05) is 6.92 Å². The van der Waals surface area contributed by atoms with Gasteiger partial charge in [0.1, 0.15) is 0 Å². The summed E-state index contributed by atoms with van der Waals surface area (Å²) in [5, 5.41) is -1.07. The van der Waals surface area contributed by atoms with Crippen LogP contribution >= 0.6 is 11.2 Å². The van der Waals surface area contributed by atoms with Crippen LogP contribution < -0.4 is 0 Å². The maximum Gasteiger partial charge on any atom is 0.211 e. The minimum Gasteiger partial charge on any atom is -0.125 e. The molecule has 0 nitrogen and oxygen atoms in total. The van der Waals surface area contributed by atoms with Gasteiger partial charge in [0.15, 0.2) is 0 Å². The van der Waals surface area contributed by atoms with Crippen LogP contribution in [0.3, 0.4) is 0 Å². The van der Waals surface area contributed by atoms with E-state index in [0.29, 0.717) is 0 Å². The first-order valence-corrected chi connectivity index (χ1v) is 3.79. The van der Waals surface area contributed by atoms with Gasteiger partial charge in [-0.05, 0) is 13.3 Å². The lowest BCUT2D eigenvalue weighted by molar-refractivity contribution is 0.598. The molecule has 1 atom stereocenters. The zero-order valence-corrected chi connectivity index (χ0v) is 5.64. The molecule has 0 N–H and O–H groups in total. The predicted molar refractivity (Wildman–Crippen MR) is 30.7 cm³/mol. The molecular formula is C4H9F3S. The van der Waals surface area contributed by atoms with E-state index in [1.54, 1.807) is 6.92 Å². The van der Waals surface area contributed by atoms with E-state index in [1.165, 1.54) is 6.92 Å². The predicted octanol–water partition coefficient (Wildman–Crippen LogP) is 3.24. The fourth-order valence-electron chi connectivity index (χ4n) is 0.189. The Morgan fingerprint density at radius 2 is 1.75 bits per heavy atom. The molecule has 0 saturated heterocycles. The minimum atomic E-state index is -4.75. The summed E-state index contributed by atoms with van der Waals surface area (Å²) < 4.78 is 34.6. The summed E-state index contributed by atoms with van der Waals surface area (Å²) in [6.07, 6.45) is 0.207. The Kier molecular flexibility index (Phi) is 2.66. The van der Waals surface area contributed by atoms with Crippen LogP contribution in [0.1, 0.15) is 20.3 Å². The second-order valence-electron chi connectivity index (χ2n) is 1.66. The SMILES string of the molecule is CCC(C)S(F)(F)F. The standard InChI is InChI=1S/C4H9F3S/c1-3-4(2)8(5,6)7/h4H,3H2,1-2H3. The molecule has 0 aromatic heterocycles. The number of rotatable bonds is 2. The first kappa shape index (κ1) is 8.14. The van der Waals surface area contributed by atoms with E-state index in [2.05, 4.69) is 0 Å². The van der Waals surface area contributed by atoms with Crippen molar-refractivity contribution in [1.82, 2.24) is 0 Å². The van der Waals surface area contributed by atoms with Crippen molar-refractivity contribution < 1.29 is 11.7 Å². The average molecular weight is 146 g/mol. The largest absolute Gasteiger partial charge is 0.211 e. The summed E-state index contributed by atoms with van der Waals surface area (Å²) in [7, 11) is 0. The van der Waals surface area contributed by atoms with E-state index in [4.69, 9.17) is 0 Å².